The Kier molecular flexibility index (Phi) is 6.10. The van der Waals surface area contributed by atoms with Crippen molar-refractivity contribution < 1.29 is 4.74 Å². The van der Waals surface area contributed by atoms with Crippen LogP contribution in [0.4, 0.5) is 0 Å². The Hall–Kier alpha value is -1.61. The standard InChI is InChI=1S/C18H19ClN4OS3/c1-18(2,3)16-22-23(8-12-9-26-10-20-12)17(27-16)21-15(25)13-7-11(19)5-6-14(13)24-4/h5-7,9-10H,8H2,1-4H3/b21-17-. The van der Waals surface area contributed by atoms with Gasteiger partial charge in [0.1, 0.15) is 15.7 Å². The highest BCUT2D eigenvalue weighted by Gasteiger charge is 2.20. The minimum absolute atomic E-state index is 0.0857. The highest BCUT2D eigenvalue weighted by molar-refractivity contribution is 7.80. The zero-order valence-corrected chi connectivity index (χ0v) is 18.6. The van der Waals surface area contributed by atoms with Gasteiger partial charge in [-0.1, -0.05) is 55.9 Å². The summed E-state index contributed by atoms with van der Waals surface area (Å²) in [5.74, 6) is 0.639. The maximum Gasteiger partial charge on any atom is 0.209 e. The first kappa shape index (κ1) is 20.1. The molecule has 0 saturated heterocycles. The number of hydrogen-bond acceptors (Lipinski definition) is 6. The van der Waals surface area contributed by atoms with Gasteiger partial charge in [0.05, 0.1) is 30.4 Å². The van der Waals surface area contributed by atoms with Crippen LogP contribution in [0.2, 0.25) is 5.02 Å². The van der Waals surface area contributed by atoms with Crippen molar-refractivity contribution in [3.05, 3.63) is 55.2 Å². The molecule has 0 atom stereocenters. The van der Waals surface area contributed by atoms with E-state index in [0.29, 0.717) is 27.9 Å². The normalized spacial score (nSPS) is 12.4. The van der Waals surface area contributed by atoms with Crippen LogP contribution in [0.15, 0.2) is 34.1 Å². The van der Waals surface area contributed by atoms with Gasteiger partial charge in [-0.25, -0.2) is 14.7 Å². The van der Waals surface area contributed by atoms with Gasteiger partial charge in [0, 0.05) is 15.8 Å². The van der Waals surface area contributed by atoms with E-state index >= 15 is 0 Å². The summed E-state index contributed by atoms with van der Waals surface area (Å²) in [6, 6.07) is 5.32. The maximum atomic E-state index is 6.13. The lowest BCUT2D eigenvalue weighted by atomic mass is 9.98. The van der Waals surface area contributed by atoms with Gasteiger partial charge in [-0.05, 0) is 18.2 Å². The second-order valence-electron chi connectivity index (χ2n) is 6.84. The van der Waals surface area contributed by atoms with Crippen LogP contribution in [0, 0.1) is 0 Å². The van der Waals surface area contributed by atoms with Gasteiger partial charge in [0.15, 0.2) is 0 Å². The average Bonchev–Trinajstić information content (AvgIpc) is 3.25. The van der Waals surface area contributed by atoms with E-state index in [1.54, 1.807) is 36.6 Å². The molecule has 0 spiro atoms. The Morgan fingerprint density at radius 3 is 2.78 bits per heavy atom. The molecule has 0 bridgehead atoms. The summed E-state index contributed by atoms with van der Waals surface area (Å²) in [5, 5.41) is 8.32. The molecule has 2 aromatic heterocycles. The largest absolute Gasteiger partial charge is 0.496 e. The van der Waals surface area contributed by atoms with Gasteiger partial charge in [-0.3, -0.25) is 0 Å². The van der Waals surface area contributed by atoms with Gasteiger partial charge >= 0.3 is 0 Å². The summed E-state index contributed by atoms with van der Waals surface area (Å²) in [5.41, 5.74) is 3.35. The van der Waals surface area contributed by atoms with Crippen LogP contribution in [0.25, 0.3) is 0 Å². The average molecular weight is 439 g/mol. The number of halogens is 1. The molecule has 2 heterocycles. The second kappa shape index (κ2) is 8.18. The first-order valence-electron chi connectivity index (χ1n) is 8.16. The van der Waals surface area contributed by atoms with Crippen molar-refractivity contribution in [2.24, 2.45) is 4.99 Å². The highest BCUT2D eigenvalue weighted by atomic mass is 35.5. The second-order valence-corrected chi connectivity index (χ2v) is 9.34. The lowest BCUT2D eigenvalue weighted by Gasteiger charge is -2.12. The third kappa shape index (κ3) is 4.82. The number of aromatic nitrogens is 3. The summed E-state index contributed by atoms with van der Waals surface area (Å²) >= 11 is 14.8. The minimum atomic E-state index is -0.0857. The smallest absolute Gasteiger partial charge is 0.209 e. The predicted molar refractivity (Wildman–Crippen MR) is 115 cm³/mol. The molecule has 0 aliphatic rings. The zero-order valence-electron chi connectivity index (χ0n) is 15.4. The van der Waals surface area contributed by atoms with Crippen LogP contribution in [0.5, 0.6) is 5.75 Å². The monoisotopic (exact) mass is 438 g/mol. The van der Waals surface area contributed by atoms with Crippen LogP contribution < -0.4 is 9.54 Å². The molecule has 0 N–H and O–H groups in total. The van der Waals surface area contributed by atoms with E-state index in [2.05, 4.69) is 30.7 Å². The minimum Gasteiger partial charge on any atom is -0.496 e. The Labute approximate surface area is 176 Å². The quantitative estimate of drug-likeness (QED) is 0.554. The van der Waals surface area contributed by atoms with Crippen LogP contribution in [0.1, 0.15) is 37.0 Å². The third-order valence-electron chi connectivity index (χ3n) is 3.65. The van der Waals surface area contributed by atoms with E-state index in [-0.39, 0.29) is 5.41 Å². The number of thiazole rings is 1. The topological polar surface area (TPSA) is 52.3 Å². The van der Waals surface area contributed by atoms with Crippen LogP contribution in [-0.2, 0) is 12.0 Å². The van der Waals surface area contributed by atoms with Crippen molar-refractivity contribution in [3.8, 4) is 5.75 Å². The number of methoxy groups -OCH3 is 1. The SMILES string of the molecule is COc1ccc(Cl)cc1C(=S)/N=c1\sc(C(C)(C)C)nn1Cc1cscn1. The van der Waals surface area contributed by atoms with Crippen LogP contribution in [-0.4, -0.2) is 26.9 Å². The Morgan fingerprint density at radius 2 is 2.15 bits per heavy atom. The van der Waals surface area contributed by atoms with E-state index in [9.17, 15) is 0 Å². The molecule has 0 unspecified atom stereocenters. The lowest BCUT2D eigenvalue weighted by molar-refractivity contribution is 0.414. The molecule has 3 rings (SSSR count). The number of hydrogen-bond donors (Lipinski definition) is 0. The van der Waals surface area contributed by atoms with Gasteiger partial charge in [0.25, 0.3) is 0 Å². The van der Waals surface area contributed by atoms with E-state index in [0.717, 1.165) is 15.5 Å². The summed E-state index contributed by atoms with van der Waals surface area (Å²) in [7, 11) is 1.60. The molecule has 1 aromatic carbocycles. The fourth-order valence-corrected chi connectivity index (χ4v) is 4.25. The van der Waals surface area contributed by atoms with Crippen LogP contribution in [0.3, 0.4) is 0 Å². The first-order valence-corrected chi connectivity index (χ1v) is 10.7. The van der Waals surface area contributed by atoms with Gasteiger partial charge < -0.3 is 4.74 Å². The van der Waals surface area contributed by atoms with Crippen molar-refractivity contribution in [1.29, 1.82) is 0 Å². The summed E-state index contributed by atoms with van der Waals surface area (Å²) in [4.78, 5) is 10.2. The molecule has 0 fully saturated rings. The lowest BCUT2D eigenvalue weighted by Crippen LogP contribution is -2.19. The summed E-state index contributed by atoms with van der Waals surface area (Å²) < 4.78 is 7.25. The number of benzene rings is 1. The maximum absolute atomic E-state index is 6.13. The van der Waals surface area contributed by atoms with Crippen molar-refractivity contribution >= 4 is 51.5 Å². The Morgan fingerprint density at radius 1 is 1.37 bits per heavy atom. The molecule has 0 saturated carbocycles. The van der Waals surface area contributed by atoms with Crippen LogP contribution >= 0.6 is 46.5 Å². The zero-order chi connectivity index (χ0) is 19.6. The fourth-order valence-electron chi connectivity index (χ4n) is 2.26. The van der Waals surface area contributed by atoms with Crippen molar-refractivity contribution in [2.75, 3.05) is 7.11 Å². The number of thiocarbonyl (C=S) groups is 1. The van der Waals surface area contributed by atoms with Crippen molar-refractivity contribution in [3.63, 3.8) is 0 Å². The van der Waals surface area contributed by atoms with Gasteiger partial charge in [-0.2, -0.15) is 5.10 Å². The molecular formula is C18H19ClN4OS3. The number of ether oxygens (including phenoxy) is 1. The van der Waals surface area contributed by atoms with Crippen molar-refractivity contribution in [2.45, 2.75) is 32.7 Å². The van der Waals surface area contributed by atoms with E-state index < -0.39 is 0 Å². The van der Waals surface area contributed by atoms with Gasteiger partial charge in [-0.15, -0.1) is 11.3 Å². The molecule has 0 amide bonds. The molecule has 0 radical (unpaired) electrons. The molecule has 9 heteroatoms. The molecule has 27 heavy (non-hydrogen) atoms. The van der Waals surface area contributed by atoms with E-state index in [1.165, 1.54) is 11.3 Å². The summed E-state index contributed by atoms with van der Waals surface area (Å²) in [6.45, 7) is 6.92. The third-order valence-corrected chi connectivity index (χ3v) is 6.20. The van der Waals surface area contributed by atoms with Gasteiger partial charge in [0.2, 0.25) is 4.80 Å². The number of rotatable bonds is 4. The molecule has 0 aliphatic carbocycles. The fraction of sp³-hybridized carbons (Fsp3) is 0.333. The van der Waals surface area contributed by atoms with E-state index in [1.807, 2.05) is 15.6 Å². The summed E-state index contributed by atoms with van der Waals surface area (Å²) in [6.07, 6.45) is 0. The first-order chi connectivity index (χ1) is 12.8. The van der Waals surface area contributed by atoms with E-state index in [4.69, 9.17) is 33.7 Å². The molecule has 142 valence electrons. The molecular weight excluding hydrogens is 420 g/mol. The van der Waals surface area contributed by atoms with Crippen molar-refractivity contribution in [1.82, 2.24) is 14.8 Å². The molecule has 5 nitrogen and oxygen atoms in total. The molecule has 0 aliphatic heterocycles. The Bertz CT molecular complexity index is 1020. The molecule has 3 aromatic rings. The Balaban J connectivity index is 2.07. The number of nitrogens with zero attached hydrogens (tertiary/aromatic N) is 4. The highest BCUT2D eigenvalue weighted by Crippen LogP contribution is 2.25. The predicted octanol–water partition coefficient (Wildman–Crippen LogP) is 4.69.